The van der Waals surface area contributed by atoms with Gasteiger partial charge in [0.1, 0.15) is 0 Å². The van der Waals surface area contributed by atoms with Crippen molar-refractivity contribution in [1.82, 2.24) is 25.0 Å². The van der Waals surface area contributed by atoms with Crippen LogP contribution in [-0.4, -0.2) is 45.3 Å². The van der Waals surface area contributed by atoms with E-state index in [0.29, 0.717) is 12.5 Å². The Bertz CT molecular complexity index is 680. The number of thiazole rings is 1. The fourth-order valence-electron chi connectivity index (χ4n) is 2.91. The highest BCUT2D eigenvalue weighted by molar-refractivity contribution is 7.11. The Labute approximate surface area is 140 Å². The van der Waals surface area contributed by atoms with Crippen molar-refractivity contribution >= 4 is 17.4 Å². The fraction of sp³-hybridized carbons (Fsp3) is 0.562. The molecule has 2 aromatic heterocycles. The van der Waals surface area contributed by atoms with E-state index in [1.54, 1.807) is 11.3 Å². The average molecular weight is 333 g/mol. The SMILES string of the molecule is Cc1cnc(C(C)CNC(=O)N2CCC(c3cnn(C)c3)C2)s1. The molecule has 1 N–H and O–H groups in total. The number of aryl methyl sites for hydroxylation is 2. The van der Waals surface area contributed by atoms with Crippen molar-refractivity contribution in [2.24, 2.45) is 7.05 Å². The van der Waals surface area contributed by atoms with Crippen molar-refractivity contribution < 1.29 is 4.79 Å². The third-order valence-corrected chi connectivity index (χ3v) is 5.44. The molecule has 23 heavy (non-hydrogen) atoms. The average Bonchev–Trinajstić information content (AvgIpc) is 3.24. The van der Waals surface area contributed by atoms with Crippen LogP contribution in [0.2, 0.25) is 0 Å². The molecule has 1 saturated heterocycles. The van der Waals surface area contributed by atoms with Gasteiger partial charge in [0.05, 0.1) is 11.2 Å². The van der Waals surface area contributed by atoms with Gasteiger partial charge < -0.3 is 10.2 Å². The molecule has 2 atom stereocenters. The lowest BCUT2D eigenvalue weighted by atomic mass is 10.0. The summed E-state index contributed by atoms with van der Waals surface area (Å²) in [6.45, 7) is 6.34. The third-order valence-electron chi connectivity index (χ3n) is 4.29. The van der Waals surface area contributed by atoms with E-state index >= 15 is 0 Å². The number of hydrogen-bond donors (Lipinski definition) is 1. The molecule has 3 rings (SSSR count). The summed E-state index contributed by atoms with van der Waals surface area (Å²) in [7, 11) is 1.92. The summed E-state index contributed by atoms with van der Waals surface area (Å²) in [6, 6.07) is 0.0246. The number of carbonyl (C=O) groups excluding carboxylic acids is 1. The number of amides is 2. The first-order valence-corrected chi connectivity index (χ1v) is 8.78. The molecule has 0 bridgehead atoms. The van der Waals surface area contributed by atoms with E-state index in [1.165, 1.54) is 10.4 Å². The number of rotatable bonds is 4. The van der Waals surface area contributed by atoms with Crippen LogP contribution >= 0.6 is 11.3 Å². The van der Waals surface area contributed by atoms with Gasteiger partial charge in [-0.25, -0.2) is 9.78 Å². The van der Waals surface area contributed by atoms with Crippen LogP contribution in [0.3, 0.4) is 0 Å². The van der Waals surface area contributed by atoms with Crippen molar-refractivity contribution in [3.05, 3.63) is 34.0 Å². The Kier molecular flexibility index (Phi) is 4.66. The predicted octanol–water partition coefficient (Wildman–Crippen LogP) is 2.49. The predicted molar refractivity (Wildman–Crippen MR) is 90.8 cm³/mol. The molecule has 124 valence electrons. The second-order valence-corrected chi connectivity index (χ2v) is 7.54. The Morgan fingerprint density at radius 3 is 3.00 bits per heavy atom. The zero-order chi connectivity index (χ0) is 16.4. The summed E-state index contributed by atoms with van der Waals surface area (Å²) in [6.07, 6.45) is 6.83. The van der Waals surface area contributed by atoms with E-state index < -0.39 is 0 Å². The highest BCUT2D eigenvalue weighted by Gasteiger charge is 2.28. The lowest BCUT2D eigenvalue weighted by Gasteiger charge is -2.18. The smallest absolute Gasteiger partial charge is 0.317 e. The standard InChI is InChI=1S/C16H23N5OS/c1-11(15-17-7-12(2)23-15)6-18-16(22)21-5-4-13(10-21)14-8-19-20(3)9-14/h7-9,11,13H,4-6,10H2,1-3H3,(H,18,22). The van der Waals surface area contributed by atoms with Gasteiger partial charge in [-0.1, -0.05) is 6.92 Å². The minimum atomic E-state index is 0.0246. The van der Waals surface area contributed by atoms with Crippen LogP contribution in [-0.2, 0) is 7.05 Å². The van der Waals surface area contributed by atoms with Crippen LogP contribution in [0.1, 0.15) is 40.6 Å². The number of likely N-dealkylation sites (tertiary alicyclic amines) is 1. The van der Waals surface area contributed by atoms with Gasteiger partial charge in [0.2, 0.25) is 0 Å². The molecule has 0 radical (unpaired) electrons. The number of urea groups is 1. The van der Waals surface area contributed by atoms with Crippen LogP contribution < -0.4 is 5.32 Å². The second kappa shape index (κ2) is 6.70. The summed E-state index contributed by atoms with van der Waals surface area (Å²) in [5, 5.41) is 8.34. The van der Waals surface area contributed by atoms with Crippen LogP contribution in [0.5, 0.6) is 0 Å². The maximum atomic E-state index is 12.3. The molecule has 0 saturated carbocycles. The highest BCUT2D eigenvalue weighted by Crippen LogP contribution is 2.26. The molecule has 7 heteroatoms. The summed E-state index contributed by atoms with van der Waals surface area (Å²) in [5.74, 6) is 0.642. The Hall–Kier alpha value is -1.89. The first-order valence-electron chi connectivity index (χ1n) is 7.96. The van der Waals surface area contributed by atoms with Crippen LogP contribution in [0.15, 0.2) is 18.6 Å². The summed E-state index contributed by atoms with van der Waals surface area (Å²) >= 11 is 1.69. The fourth-order valence-corrected chi connectivity index (χ4v) is 3.73. The van der Waals surface area contributed by atoms with Gasteiger partial charge in [0.15, 0.2) is 0 Å². The number of carbonyl (C=O) groups is 1. The minimum absolute atomic E-state index is 0.0246. The molecule has 0 aliphatic carbocycles. The lowest BCUT2D eigenvalue weighted by Crippen LogP contribution is -2.39. The maximum Gasteiger partial charge on any atom is 0.317 e. The summed E-state index contributed by atoms with van der Waals surface area (Å²) in [4.78, 5) is 19.8. The molecular weight excluding hydrogens is 310 g/mol. The molecule has 0 spiro atoms. The van der Waals surface area contributed by atoms with Crippen molar-refractivity contribution in [2.75, 3.05) is 19.6 Å². The lowest BCUT2D eigenvalue weighted by molar-refractivity contribution is 0.207. The van der Waals surface area contributed by atoms with E-state index in [2.05, 4.69) is 29.2 Å². The maximum absolute atomic E-state index is 12.3. The van der Waals surface area contributed by atoms with E-state index in [1.807, 2.05) is 35.2 Å². The van der Waals surface area contributed by atoms with Gasteiger partial charge in [-0.3, -0.25) is 4.68 Å². The van der Waals surface area contributed by atoms with E-state index in [0.717, 1.165) is 24.5 Å². The Morgan fingerprint density at radius 1 is 1.52 bits per heavy atom. The second-order valence-electron chi connectivity index (χ2n) is 6.28. The molecule has 1 fully saturated rings. The normalized spacial score (nSPS) is 19.1. The van der Waals surface area contributed by atoms with Gasteiger partial charge in [0, 0.05) is 55.8 Å². The van der Waals surface area contributed by atoms with Gasteiger partial charge in [-0.15, -0.1) is 11.3 Å². The number of nitrogens with zero attached hydrogens (tertiary/aromatic N) is 4. The Balaban J connectivity index is 1.49. The summed E-state index contributed by atoms with van der Waals surface area (Å²) < 4.78 is 1.82. The van der Waals surface area contributed by atoms with Crippen LogP contribution in [0.25, 0.3) is 0 Å². The number of aromatic nitrogens is 3. The van der Waals surface area contributed by atoms with Gasteiger partial charge >= 0.3 is 6.03 Å². The molecule has 1 aliphatic heterocycles. The molecule has 3 heterocycles. The van der Waals surface area contributed by atoms with Crippen LogP contribution in [0, 0.1) is 6.92 Å². The van der Waals surface area contributed by atoms with Crippen molar-refractivity contribution in [2.45, 2.75) is 32.1 Å². The molecule has 2 unspecified atom stereocenters. The van der Waals surface area contributed by atoms with E-state index in [4.69, 9.17) is 0 Å². The molecule has 0 aromatic carbocycles. The minimum Gasteiger partial charge on any atom is -0.337 e. The number of nitrogens with one attached hydrogen (secondary N) is 1. The monoisotopic (exact) mass is 333 g/mol. The van der Waals surface area contributed by atoms with Crippen LogP contribution in [0.4, 0.5) is 4.79 Å². The largest absolute Gasteiger partial charge is 0.337 e. The molecule has 2 aromatic rings. The topological polar surface area (TPSA) is 63.1 Å². The first kappa shape index (κ1) is 16.0. The van der Waals surface area contributed by atoms with Gasteiger partial charge in [0.25, 0.3) is 0 Å². The summed E-state index contributed by atoms with van der Waals surface area (Å²) in [5.41, 5.74) is 1.22. The van der Waals surface area contributed by atoms with Crippen molar-refractivity contribution in [3.8, 4) is 0 Å². The van der Waals surface area contributed by atoms with Crippen molar-refractivity contribution in [1.29, 1.82) is 0 Å². The molecule has 6 nitrogen and oxygen atoms in total. The molecule has 2 amide bonds. The van der Waals surface area contributed by atoms with E-state index in [-0.39, 0.29) is 11.9 Å². The van der Waals surface area contributed by atoms with Gasteiger partial charge in [-0.2, -0.15) is 5.10 Å². The Morgan fingerprint density at radius 2 is 2.35 bits per heavy atom. The number of hydrogen-bond acceptors (Lipinski definition) is 4. The quantitative estimate of drug-likeness (QED) is 0.935. The molecular formula is C16H23N5OS. The third kappa shape index (κ3) is 3.72. The van der Waals surface area contributed by atoms with Gasteiger partial charge in [-0.05, 0) is 18.9 Å². The zero-order valence-corrected chi connectivity index (χ0v) is 14.6. The van der Waals surface area contributed by atoms with Crippen molar-refractivity contribution in [3.63, 3.8) is 0 Å². The van der Waals surface area contributed by atoms with E-state index in [9.17, 15) is 4.79 Å². The molecule has 1 aliphatic rings. The zero-order valence-electron chi connectivity index (χ0n) is 13.8. The first-order chi connectivity index (χ1) is 11.0. The highest BCUT2D eigenvalue weighted by atomic mass is 32.1.